The van der Waals surface area contributed by atoms with Crippen LogP contribution in [0.15, 0.2) is 36.4 Å². The number of rotatable bonds is 7. The summed E-state index contributed by atoms with van der Waals surface area (Å²) in [5.74, 6) is 0.717. The molecule has 0 aromatic heterocycles. The van der Waals surface area contributed by atoms with Crippen molar-refractivity contribution in [2.45, 2.75) is 39.0 Å². The van der Waals surface area contributed by atoms with Gasteiger partial charge in [0.25, 0.3) is 0 Å². The molecule has 5 nitrogen and oxygen atoms in total. The molecule has 1 amide bonds. The van der Waals surface area contributed by atoms with E-state index < -0.39 is 6.04 Å². The van der Waals surface area contributed by atoms with E-state index in [9.17, 15) is 9.18 Å². The van der Waals surface area contributed by atoms with Gasteiger partial charge >= 0.3 is 0 Å². The second kappa shape index (κ2) is 8.19. The first-order chi connectivity index (χ1) is 12.5. The van der Waals surface area contributed by atoms with Crippen LogP contribution in [0.3, 0.4) is 0 Å². The summed E-state index contributed by atoms with van der Waals surface area (Å²) in [6.45, 7) is 3.17. The number of hydrogen-bond donors (Lipinski definition) is 2. The van der Waals surface area contributed by atoms with Crippen LogP contribution in [0.5, 0.6) is 11.5 Å². The van der Waals surface area contributed by atoms with Crippen LogP contribution in [0.25, 0.3) is 0 Å². The van der Waals surface area contributed by atoms with E-state index in [1.165, 1.54) is 12.1 Å². The minimum atomic E-state index is -0.404. The molecule has 0 aliphatic carbocycles. The summed E-state index contributed by atoms with van der Waals surface area (Å²) in [5, 5.41) is 3.12. The molecular weight excluding hydrogens is 335 g/mol. The van der Waals surface area contributed by atoms with Gasteiger partial charge in [0.05, 0.1) is 12.6 Å². The molecule has 0 saturated heterocycles. The van der Waals surface area contributed by atoms with Crippen molar-refractivity contribution in [3.05, 3.63) is 58.9 Å². The van der Waals surface area contributed by atoms with Crippen LogP contribution < -0.4 is 20.5 Å². The first-order valence-corrected chi connectivity index (χ1v) is 8.72. The van der Waals surface area contributed by atoms with Crippen molar-refractivity contribution in [3.63, 3.8) is 0 Å². The van der Waals surface area contributed by atoms with Crippen LogP contribution in [0.4, 0.5) is 4.39 Å². The summed E-state index contributed by atoms with van der Waals surface area (Å²) in [6.07, 6.45) is 1.81. The molecule has 6 heteroatoms. The number of primary amides is 1. The number of benzene rings is 2. The summed E-state index contributed by atoms with van der Waals surface area (Å²) in [5.41, 5.74) is 8.20. The van der Waals surface area contributed by atoms with E-state index in [4.69, 9.17) is 15.2 Å². The maximum atomic E-state index is 13.3. The Labute approximate surface area is 152 Å². The van der Waals surface area contributed by atoms with Crippen molar-refractivity contribution in [2.24, 2.45) is 5.73 Å². The van der Waals surface area contributed by atoms with Gasteiger partial charge in [-0.15, -0.1) is 0 Å². The number of ether oxygens (including phenoxy) is 2. The molecule has 3 rings (SSSR count). The zero-order valence-corrected chi connectivity index (χ0v) is 14.8. The Bertz CT molecular complexity index is 795. The van der Waals surface area contributed by atoms with Crippen LogP contribution in [0.2, 0.25) is 0 Å². The monoisotopic (exact) mass is 358 g/mol. The fourth-order valence-electron chi connectivity index (χ4n) is 2.93. The summed E-state index contributed by atoms with van der Waals surface area (Å²) in [4.78, 5) is 11.2. The predicted molar refractivity (Wildman–Crippen MR) is 96.5 cm³/mol. The molecule has 3 N–H and O–H groups in total. The average molecular weight is 358 g/mol. The van der Waals surface area contributed by atoms with Crippen molar-refractivity contribution >= 4 is 5.91 Å². The largest absolute Gasteiger partial charge is 0.489 e. The van der Waals surface area contributed by atoms with Gasteiger partial charge in [-0.1, -0.05) is 18.2 Å². The number of nitrogens with two attached hydrogens (primary N) is 1. The Hall–Kier alpha value is -2.60. The molecule has 26 heavy (non-hydrogen) atoms. The molecule has 1 heterocycles. The number of fused-ring (bicyclic) bond motifs is 1. The van der Waals surface area contributed by atoms with Crippen LogP contribution >= 0.6 is 0 Å². The molecule has 0 fully saturated rings. The highest BCUT2D eigenvalue weighted by Crippen LogP contribution is 2.37. The predicted octanol–water partition coefficient (Wildman–Crippen LogP) is 2.69. The minimum absolute atomic E-state index is 0.268. The zero-order valence-electron chi connectivity index (χ0n) is 14.8. The van der Waals surface area contributed by atoms with Gasteiger partial charge in [0.15, 0.2) is 11.5 Å². The highest BCUT2D eigenvalue weighted by molar-refractivity contribution is 5.79. The molecule has 0 bridgehead atoms. The van der Waals surface area contributed by atoms with Gasteiger partial charge in [-0.2, -0.15) is 0 Å². The van der Waals surface area contributed by atoms with Crippen molar-refractivity contribution in [3.8, 4) is 11.5 Å². The summed E-state index contributed by atoms with van der Waals surface area (Å²) >= 11 is 0. The number of carbonyl (C=O) groups is 1. The number of amides is 1. The normalized spacial score (nSPS) is 14.2. The lowest BCUT2D eigenvalue weighted by Gasteiger charge is -2.24. The maximum Gasteiger partial charge on any atom is 0.234 e. The lowest BCUT2D eigenvalue weighted by Crippen LogP contribution is -2.38. The van der Waals surface area contributed by atoms with Gasteiger partial charge in [-0.25, -0.2) is 4.39 Å². The number of carbonyl (C=O) groups excluding carboxylic acids is 1. The molecule has 2 aromatic rings. The van der Waals surface area contributed by atoms with Gasteiger partial charge in [-0.05, 0) is 49.1 Å². The van der Waals surface area contributed by atoms with E-state index >= 15 is 0 Å². The number of halogens is 1. The van der Waals surface area contributed by atoms with Crippen LogP contribution in [-0.4, -0.2) is 18.6 Å². The van der Waals surface area contributed by atoms with E-state index in [-0.39, 0.29) is 18.3 Å². The average Bonchev–Trinajstić information content (AvgIpc) is 2.64. The Morgan fingerprint density at radius 3 is 3.00 bits per heavy atom. The number of hydrogen-bond acceptors (Lipinski definition) is 4. The Kier molecular flexibility index (Phi) is 5.73. The topological polar surface area (TPSA) is 73.6 Å². The van der Waals surface area contributed by atoms with Gasteiger partial charge < -0.3 is 20.5 Å². The van der Waals surface area contributed by atoms with E-state index in [1.807, 2.05) is 18.2 Å². The van der Waals surface area contributed by atoms with E-state index in [2.05, 4.69) is 5.32 Å². The Morgan fingerprint density at radius 2 is 2.23 bits per heavy atom. The standard InChI is InChI=1S/C20H23FN2O3/c1-13(20(22)24)23-11-15-7-8-18(19-17(15)6-3-9-25-19)26-12-14-4-2-5-16(21)10-14/h2,4-5,7-8,10,13,23H,3,6,9,11-12H2,1H3,(H2,22,24)/t13-/m0/s1. The Morgan fingerprint density at radius 1 is 1.38 bits per heavy atom. The van der Waals surface area contributed by atoms with Gasteiger partial charge in [0.2, 0.25) is 5.91 Å². The molecule has 0 saturated carbocycles. The van der Waals surface area contributed by atoms with Crippen molar-refractivity contribution < 1.29 is 18.7 Å². The van der Waals surface area contributed by atoms with Gasteiger partial charge in [-0.3, -0.25) is 4.79 Å². The van der Waals surface area contributed by atoms with Crippen molar-refractivity contribution in [1.82, 2.24) is 5.32 Å². The van der Waals surface area contributed by atoms with Crippen molar-refractivity contribution in [1.29, 1.82) is 0 Å². The SMILES string of the molecule is C[C@H](NCc1ccc(OCc2cccc(F)c2)c2c1CCCO2)C(N)=O. The molecule has 0 spiro atoms. The third-order valence-electron chi connectivity index (χ3n) is 4.45. The Balaban J connectivity index is 1.76. The molecular formula is C20H23FN2O3. The first kappa shape index (κ1) is 18.2. The molecule has 0 radical (unpaired) electrons. The smallest absolute Gasteiger partial charge is 0.234 e. The maximum absolute atomic E-state index is 13.3. The van der Waals surface area contributed by atoms with E-state index in [0.717, 1.165) is 35.3 Å². The van der Waals surface area contributed by atoms with E-state index in [1.54, 1.807) is 13.0 Å². The highest BCUT2D eigenvalue weighted by atomic mass is 19.1. The molecule has 1 aliphatic rings. The fourth-order valence-corrected chi connectivity index (χ4v) is 2.93. The summed E-state index contributed by atoms with van der Waals surface area (Å²) in [7, 11) is 0. The lowest BCUT2D eigenvalue weighted by atomic mass is 9.99. The zero-order chi connectivity index (χ0) is 18.5. The molecule has 1 aliphatic heterocycles. The third-order valence-corrected chi connectivity index (χ3v) is 4.45. The first-order valence-electron chi connectivity index (χ1n) is 8.72. The second-order valence-electron chi connectivity index (χ2n) is 6.41. The lowest BCUT2D eigenvalue weighted by molar-refractivity contribution is -0.119. The van der Waals surface area contributed by atoms with Crippen LogP contribution in [0.1, 0.15) is 30.0 Å². The van der Waals surface area contributed by atoms with Gasteiger partial charge in [0, 0.05) is 12.1 Å². The summed E-state index contributed by atoms with van der Waals surface area (Å²) in [6, 6.07) is 9.76. The molecule has 2 aromatic carbocycles. The molecule has 138 valence electrons. The third kappa shape index (κ3) is 4.32. The summed E-state index contributed by atoms with van der Waals surface area (Å²) < 4.78 is 25.0. The van der Waals surface area contributed by atoms with Crippen LogP contribution in [0, 0.1) is 5.82 Å². The van der Waals surface area contributed by atoms with Crippen molar-refractivity contribution in [2.75, 3.05) is 6.61 Å². The molecule has 1 atom stereocenters. The minimum Gasteiger partial charge on any atom is -0.489 e. The van der Waals surface area contributed by atoms with E-state index in [0.29, 0.717) is 18.9 Å². The quantitative estimate of drug-likeness (QED) is 0.798. The number of nitrogens with one attached hydrogen (secondary N) is 1. The highest BCUT2D eigenvalue weighted by Gasteiger charge is 2.20. The fraction of sp³-hybridized carbons (Fsp3) is 0.350. The van der Waals surface area contributed by atoms with Crippen LogP contribution in [-0.2, 0) is 24.4 Å². The van der Waals surface area contributed by atoms with Gasteiger partial charge in [0.1, 0.15) is 12.4 Å². The molecule has 0 unspecified atom stereocenters. The second-order valence-corrected chi connectivity index (χ2v) is 6.41.